The predicted octanol–water partition coefficient (Wildman–Crippen LogP) is 4.51. The van der Waals surface area contributed by atoms with Gasteiger partial charge >= 0.3 is 0 Å². The predicted molar refractivity (Wildman–Crippen MR) is 94.2 cm³/mol. The molecule has 0 aliphatic heterocycles. The highest BCUT2D eigenvalue weighted by Crippen LogP contribution is 2.28. The van der Waals surface area contributed by atoms with Gasteiger partial charge in [-0.2, -0.15) is 0 Å². The van der Waals surface area contributed by atoms with Crippen molar-refractivity contribution in [2.75, 3.05) is 11.0 Å². The van der Waals surface area contributed by atoms with Crippen molar-refractivity contribution in [3.63, 3.8) is 0 Å². The lowest BCUT2D eigenvalue weighted by molar-refractivity contribution is 0.587. The molecule has 5 heteroatoms. The zero-order valence-electron chi connectivity index (χ0n) is 13.3. The van der Waals surface area contributed by atoms with Gasteiger partial charge in [0, 0.05) is 4.90 Å². The fourth-order valence-corrected chi connectivity index (χ4v) is 3.76. The Morgan fingerprint density at radius 3 is 2.09 bits per heavy atom. The minimum Gasteiger partial charge on any atom is -0.278 e. The van der Waals surface area contributed by atoms with E-state index in [0.717, 1.165) is 10.5 Å². The second-order valence-electron chi connectivity index (χ2n) is 6.08. The van der Waals surface area contributed by atoms with E-state index in [1.807, 2.05) is 36.6 Å². The van der Waals surface area contributed by atoms with Crippen LogP contribution >= 0.6 is 11.8 Å². The summed E-state index contributed by atoms with van der Waals surface area (Å²) in [5, 5.41) is 0. The maximum Gasteiger partial charge on any atom is 0.261 e. The molecule has 0 bridgehead atoms. The van der Waals surface area contributed by atoms with Gasteiger partial charge in [-0.15, -0.1) is 11.8 Å². The Hall–Kier alpha value is -1.46. The van der Waals surface area contributed by atoms with Gasteiger partial charge in [-0.25, -0.2) is 8.42 Å². The van der Waals surface area contributed by atoms with Crippen LogP contribution in [0.1, 0.15) is 26.3 Å². The Labute approximate surface area is 137 Å². The Balaban J connectivity index is 2.31. The largest absolute Gasteiger partial charge is 0.278 e. The second kappa shape index (κ2) is 6.34. The summed E-state index contributed by atoms with van der Waals surface area (Å²) in [6.07, 6.45) is 1.92. The van der Waals surface area contributed by atoms with Gasteiger partial charge in [0.1, 0.15) is 0 Å². The maximum absolute atomic E-state index is 12.5. The lowest BCUT2D eigenvalue weighted by Gasteiger charge is -2.19. The number of benzene rings is 2. The molecule has 0 spiro atoms. The number of hydrogen-bond acceptors (Lipinski definition) is 3. The van der Waals surface area contributed by atoms with E-state index in [2.05, 4.69) is 25.5 Å². The molecular formula is C17H21NO2S2. The summed E-state index contributed by atoms with van der Waals surface area (Å²) in [5.74, 6) is 0. The number of nitrogens with one attached hydrogen (secondary N) is 1. The van der Waals surface area contributed by atoms with Crippen LogP contribution in [0.4, 0.5) is 5.69 Å². The molecule has 22 heavy (non-hydrogen) atoms. The highest BCUT2D eigenvalue weighted by Gasteiger charge is 2.18. The van der Waals surface area contributed by atoms with E-state index in [1.165, 1.54) is 11.8 Å². The molecule has 3 nitrogen and oxygen atoms in total. The number of hydrogen-bond donors (Lipinski definition) is 1. The SMILES string of the molecule is CSc1ccccc1NS(=O)(=O)c1ccc(C(C)(C)C)cc1. The summed E-state index contributed by atoms with van der Waals surface area (Å²) in [6, 6.07) is 14.4. The summed E-state index contributed by atoms with van der Waals surface area (Å²) in [5.41, 5.74) is 1.71. The van der Waals surface area contributed by atoms with Crippen molar-refractivity contribution in [2.24, 2.45) is 0 Å². The highest BCUT2D eigenvalue weighted by molar-refractivity contribution is 7.99. The van der Waals surface area contributed by atoms with Crippen LogP contribution in [0.5, 0.6) is 0 Å². The Kier molecular flexibility index (Phi) is 4.87. The molecule has 0 aromatic heterocycles. The summed E-state index contributed by atoms with van der Waals surface area (Å²) in [7, 11) is -3.57. The zero-order valence-corrected chi connectivity index (χ0v) is 14.9. The van der Waals surface area contributed by atoms with Gasteiger partial charge in [0.05, 0.1) is 10.6 Å². The van der Waals surface area contributed by atoms with Crippen molar-refractivity contribution in [2.45, 2.75) is 36.0 Å². The maximum atomic E-state index is 12.5. The van der Waals surface area contributed by atoms with E-state index in [4.69, 9.17) is 0 Å². The number of rotatable bonds is 4. The molecule has 0 atom stereocenters. The minimum absolute atomic E-state index is 0.00116. The molecule has 1 N–H and O–H groups in total. The summed E-state index contributed by atoms with van der Waals surface area (Å²) in [6.45, 7) is 6.30. The van der Waals surface area contributed by atoms with Crippen LogP contribution in [0.25, 0.3) is 0 Å². The number of anilines is 1. The molecule has 0 saturated carbocycles. The average Bonchev–Trinajstić information content (AvgIpc) is 2.47. The molecule has 2 aromatic carbocycles. The van der Waals surface area contributed by atoms with Crippen LogP contribution in [-0.4, -0.2) is 14.7 Å². The van der Waals surface area contributed by atoms with Crippen molar-refractivity contribution in [1.82, 2.24) is 0 Å². The van der Waals surface area contributed by atoms with Crippen LogP contribution in [0.3, 0.4) is 0 Å². The van der Waals surface area contributed by atoms with Crippen molar-refractivity contribution in [3.05, 3.63) is 54.1 Å². The molecule has 0 saturated heterocycles. The molecule has 0 heterocycles. The smallest absolute Gasteiger partial charge is 0.261 e. The van der Waals surface area contributed by atoms with E-state index >= 15 is 0 Å². The lowest BCUT2D eigenvalue weighted by atomic mass is 9.87. The molecule has 0 unspecified atom stereocenters. The molecule has 2 aromatic rings. The van der Waals surface area contributed by atoms with E-state index in [9.17, 15) is 8.42 Å². The van der Waals surface area contributed by atoms with E-state index in [-0.39, 0.29) is 10.3 Å². The number of sulfonamides is 1. The first-order valence-electron chi connectivity index (χ1n) is 7.00. The molecule has 118 valence electrons. The molecule has 0 aliphatic carbocycles. The molecule has 0 radical (unpaired) electrons. The fraction of sp³-hybridized carbons (Fsp3) is 0.294. The molecular weight excluding hydrogens is 314 g/mol. The number of para-hydroxylation sites is 1. The fourth-order valence-electron chi connectivity index (χ4n) is 2.07. The van der Waals surface area contributed by atoms with Gasteiger partial charge in [-0.1, -0.05) is 45.0 Å². The lowest BCUT2D eigenvalue weighted by Crippen LogP contribution is -2.15. The zero-order chi connectivity index (χ0) is 16.4. The number of thioether (sulfide) groups is 1. The van der Waals surface area contributed by atoms with Gasteiger partial charge in [0.15, 0.2) is 0 Å². The quantitative estimate of drug-likeness (QED) is 0.836. The van der Waals surface area contributed by atoms with Gasteiger partial charge in [-0.05, 0) is 41.5 Å². The average molecular weight is 335 g/mol. The second-order valence-corrected chi connectivity index (χ2v) is 8.61. The molecule has 0 fully saturated rings. The van der Waals surface area contributed by atoms with Crippen LogP contribution < -0.4 is 4.72 Å². The summed E-state index contributed by atoms with van der Waals surface area (Å²) in [4.78, 5) is 1.17. The molecule has 0 amide bonds. The first-order chi connectivity index (χ1) is 10.2. The van der Waals surface area contributed by atoms with E-state index < -0.39 is 10.0 Å². The third kappa shape index (κ3) is 3.84. The Morgan fingerprint density at radius 2 is 1.55 bits per heavy atom. The normalized spacial score (nSPS) is 12.2. The Morgan fingerprint density at radius 1 is 0.955 bits per heavy atom. The van der Waals surface area contributed by atoms with Crippen LogP contribution in [0.2, 0.25) is 0 Å². The molecule has 2 rings (SSSR count). The van der Waals surface area contributed by atoms with Crippen molar-refractivity contribution >= 4 is 27.5 Å². The van der Waals surface area contributed by atoms with Gasteiger partial charge in [0.2, 0.25) is 0 Å². The highest BCUT2D eigenvalue weighted by atomic mass is 32.2. The monoisotopic (exact) mass is 335 g/mol. The Bertz CT molecular complexity index is 745. The van der Waals surface area contributed by atoms with Crippen molar-refractivity contribution in [3.8, 4) is 0 Å². The van der Waals surface area contributed by atoms with E-state index in [1.54, 1.807) is 18.2 Å². The van der Waals surface area contributed by atoms with Crippen molar-refractivity contribution in [1.29, 1.82) is 0 Å². The molecule has 0 aliphatic rings. The van der Waals surface area contributed by atoms with Gasteiger partial charge in [-0.3, -0.25) is 4.72 Å². The van der Waals surface area contributed by atoms with Crippen LogP contribution in [0.15, 0.2) is 58.3 Å². The first kappa shape index (κ1) is 16.9. The summed E-state index contributed by atoms with van der Waals surface area (Å²) < 4.78 is 27.7. The van der Waals surface area contributed by atoms with Crippen LogP contribution in [0, 0.1) is 0 Å². The van der Waals surface area contributed by atoms with Crippen LogP contribution in [-0.2, 0) is 15.4 Å². The third-order valence-corrected chi connectivity index (χ3v) is 5.56. The summed E-state index contributed by atoms with van der Waals surface area (Å²) >= 11 is 1.51. The van der Waals surface area contributed by atoms with Gasteiger partial charge in [0.25, 0.3) is 10.0 Å². The van der Waals surface area contributed by atoms with Crippen molar-refractivity contribution < 1.29 is 8.42 Å². The van der Waals surface area contributed by atoms with Gasteiger partial charge < -0.3 is 0 Å². The van der Waals surface area contributed by atoms with E-state index in [0.29, 0.717) is 5.69 Å². The first-order valence-corrected chi connectivity index (χ1v) is 9.71. The topological polar surface area (TPSA) is 46.2 Å². The standard InChI is InChI=1S/C17H21NO2S2/c1-17(2,3)13-9-11-14(12-10-13)22(19,20)18-15-7-5-6-8-16(15)21-4/h5-12,18H,1-4H3. The third-order valence-electron chi connectivity index (χ3n) is 3.38. The minimum atomic E-state index is -3.57.